The number of rotatable bonds is 5. The molecule has 1 fully saturated rings. The van der Waals surface area contributed by atoms with E-state index in [1.807, 2.05) is 12.1 Å². The Morgan fingerprint density at radius 3 is 2.87 bits per heavy atom. The molecule has 1 saturated carbocycles. The lowest BCUT2D eigenvalue weighted by Crippen LogP contribution is -2.10. The fourth-order valence-corrected chi connectivity index (χ4v) is 1.40. The van der Waals surface area contributed by atoms with Gasteiger partial charge >= 0.3 is 0 Å². The number of ether oxygens (including phenoxy) is 1. The highest BCUT2D eigenvalue weighted by molar-refractivity contribution is 5.21. The van der Waals surface area contributed by atoms with E-state index in [9.17, 15) is 0 Å². The molecule has 0 spiro atoms. The first-order valence-corrected chi connectivity index (χ1v) is 5.64. The molecule has 2 rings (SSSR count). The highest BCUT2D eigenvalue weighted by Crippen LogP contribution is 2.29. The average Bonchev–Trinajstić information content (AvgIpc) is 3.10. The normalized spacial score (nSPS) is 17.5. The molecule has 0 bridgehead atoms. The van der Waals surface area contributed by atoms with Crippen LogP contribution in [0, 0.1) is 5.92 Å². The smallest absolute Gasteiger partial charge is 0.137 e. The summed E-state index contributed by atoms with van der Waals surface area (Å²) in [4.78, 5) is 4.30. The fourth-order valence-electron chi connectivity index (χ4n) is 1.40. The predicted molar refractivity (Wildman–Crippen MR) is 59.7 cm³/mol. The minimum Gasteiger partial charge on any atom is -0.492 e. The van der Waals surface area contributed by atoms with Crippen molar-refractivity contribution in [2.24, 2.45) is 11.7 Å². The number of aromatic nitrogens is 1. The van der Waals surface area contributed by atoms with E-state index in [0.29, 0.717) is 0 Å². The highest BCUT2D eigenvalue weighted by Gasteiger charge is 2.21. The zero-order valence-electron chi connectivity index (χ0n) is 9.15. The number of hydrogen-bond donors (Lipinski definition) is 1. The van der Waals surface area contributed by atoms with Crippen LogP contribution in [0.2, 0.25) is 0 Å². The molecule has 0 radical (unpaired) electrons. The standard InChI is InChI=1S/C12H18N2O/c1-2-11(13)12-6-5-10(7-14-12)15-8-9-3-4-9/h5-7,9,11H,2-4,8,13H2,1H3. The number of hydrogen-bond acceptors (Lipinski definition) is 3. The second-order valence-corrected chi connectivity index (χ2v) is 4.19. The Labute approximate surface area is 90.7 Å². The van der Waals surface area contributed by atoms with Crippen molar-refractivity contribution in [2.45, 2.75) is 32.2 Å². The summed E-state index contributed by atoms with van der Waals surface area (Å²) in [6.07, 6.45) is 5.31. The molecule has 1 aromatic rings. The SMILES string of the molecule is CCC(N)c1ccc(OCC2CC2)cn1. The Hall–Kier alpha value is -1.09. The maximum absolute atomic E-state index is 5.87. The van der Waals surface area contributed by atoms with E-state index in [1.54, 1.807) is 6.20 Å². The summed E-state index contributed by atoms with van der Waals surface area (Å²) in [6.45, 7) is 2.89. The van der Waals surface area contributed by atoms with E-state index in [2.05, 4.69) is 11.9 Å². The van der Waals surface area contributed by atoms with E-state index in [-0.39, 0.29) is 6.04 Å². The topological polar surface area (TPSA) is 48.1 Å². The fraction of sp³-hybridized carbons (Fsp3) is 0.583. The monoisotopic (exact) mass is 206 g/mol. The molecule has 0 saturated heterocycles. The molecular formula is C12H18N2O. The van der Waals surface area contributed by atoms with Crippen LogP contribution in [0.1, 0.15) is 37.9 Å². The molecule has 3 heteroatoms. The lowest BCUT2D eigenvalue weighted by molar-refractivity contribution is 0.298. The molecule has 2 N–H and O–H groups in total. The summed E-state index contributed by atoms with van der Waals surface area (Å²) < 4.78 is 5.59. The molecule has 3 nitrogen and oxygen atoms in total. The van der Waals surface area contributed by atoms with Gasteiger partial charge in [-0.2, -0.15) is 0 Å². The van der Waals surface area contributed by atoms with Gasteiger partial charge in [0.2, 0.25) is 0 Å². The molecule has 1 heterocycles. The lowest BCUT2D eigenvalue weighted by atomic mass is 10.1. The van der Waals surface area contributed by atoms with Crippen molar-refractivity contribution in [3.05, 3.63) is 24.0 Å². The van der Waals surface area contributed by atoms with Gasteiger partial charge in [0.15, 0.2) is 0 Å². The molecule has 15 heavy (non-hydrogen) atoms. The maximum Gasteiger partial charge on any atom is 0.137 e. The van der Waals surface area contributed by atoms with Crippen LogP contribution >= 0.6 is 0 Å². The summed E-state index contributed by atoms with van der Waals surface area (Å²) in [5.41, 5.74) is 6.81. The van der Waals surface area contributed by atoms with Crippen LogP contribution in [-0.2, 0) is 0 Å². The molecule has 0 aromatic carbocycles. The molecule has 1 aliphatic carbocycles. The van der Waals surface area contributed by atoms with Gasteiger partial charge in [-0.15, -0.1) is 0 Å². The summed E-state index contributed by atoms with van der Waals surface area (Å²) in [5, 5.41) is 0. The zero-order valence-corrected chi connectivity index (χ0v) is 9.15. The van der Waals surface area contributed by atoms with Crippen LogP contribution in [-0.4, -0.2) is 11.6 Å². The average molecular weight is 206 g/mol. The molecule has 1 aliphatic rings. The van der Waals surface area contributed by atoms with E-state index in [1.165, 1.54) is 12.8 Å². The van der Waals surface area contributed by atoms with Gasteiger partial charge in [-0.25, -0.2) is 0 Å². The minimum absolute atomic E-state index is 0.0440. The molecule has 1 aromatic heterocycles. The summed E-state index contributed by atoms with van der Waals surface area (Å²) >= 11 is 0. The van der Waals surface area contributed by atoms with Gasteiger partial charge in [0.25, 0.3) is 0 Å². The van der Waals surface area contributed by atoms with Crippen LogP contribution in [0.15, 0.2) is 18.3 Å². The third-order valence-corrected chi connectivity index (χ3v) is 2.76. The van der Waals surface area contributed by atoms with Gasteiger partial charge in [-0.1, -0.05) is 6.92 Å². The van der Waals surface area contributed by atoms with Gasteiger partial charge in [0.05, 0.1) is 18.5 Å². The van der Waals surface area contributed by atoms with Gasteiger partial charge in [0.1, 0.15) is 5.75 Å². The Balaban J connectivity index is 1.90. The van der Waals surface area contributed by atoms with Gasteiger partial charge in [0, 0.05) is 6.04 Å². The quantitative estimate of drug-likeness (QED) is 0.804. The first-order chi connectivity index (χ1) is 7.29. The van der Waals surface area contributed by atoms with Crippen molar-refractivity contribution in [1.29, 1.82) is 0 Å². The first kappa shape index (κ1) is 10.4. The van der Waals surface area contributed by atoms with Crippen LogP contribution in [0.3, 0.4) is 0 Å². The molecule has 0 aliphatic heterocycles. The van der Waals surface area contributed by atoms with E-state index >= 15 is 0 Å². The van der Waals surface area contributed by atoms with Crippen LogP contribution < -0.4 is 10.5 Å². The zero-order chi connectivity index (χ0) is 10.7. The Morgan fingerprint density at radius 2 is 2.33 bits per heavy atom. The number of pyridine rings is 1. The lowest BCUT2D eigenvalue weighted by Gasteiger charge is -2.09. The van der Waals surface area contributed by atoms with Gasteiger partial charge in [-0.3, -0.25) is 4.98 Å². The molecule has 0 amide bonds. The first-order valence-electron chi connectivity index (χ1n) is 5.64. The minimum atomic E-state index is 0.0440. The Kier molecular flexibility index (Phi) is 3.21. The second kappa shape index (κ2) is 4.62. The molecular weight excluding hydrogens is 188 g/mol. The highest BCUT2D eigenvalue weighted by atomic mass is 16.5. The third kappa shape index (κ3) is 2.93. The summed E-state index contributed by atoms with van der Waals surface area (Å²) in [7, 11) is 0. The Morgan fingerprint density at radius 1 is 1.53 bits per heavy atom. The summed E-state index contributed by atoms with van der Waals surface area (Å²) in [5.74, 6) is 1.64. The van der Waals surface area contributed by atoms with Crippen molar-refractivity contribution < 1.29 is 4.74 Å². The van der Waals surface area contributed by atoms with E-state index in [0.717, 1.165) is 30.4 Å². The van der Waals surface area contributed by atoms with Gasteiger partial charge in [-0.05, 0) is 37.3 Å². The maximum atomic E-state index is 5.87. The van der Waals surface area contributed by atoms with Crippen LogP contribution in [0.5, 0.6) is 5.75 Å². The number of nitrogens with two attached hydrogens (primary N) is 1. The molecule has 1 atom stereocenters. The van der Waals surface area contributed by atoms with E-state index < -0.39 is 0 Å². The van der Waals surface area contributed by atoms with Crippen LogP contribution in [0.4, 0.5) is 0 Å². The Bertz CT molecular complexity index is 306. The van der Waals surface area contributed by atoms with Crippen molar-refractivity contribution in [3.8, 4) is 5.75 Å². The summed E-state index contributed by atoms with van der Waals surface area (Å²) in [6, 6.07) is 3.96. The van der Waals surface area contributed by atoms with Gasteiger partial charge < -0.3 is 10.5 Å². The number of nitrogens with zero attached hydrogens (tertiary/aromatic N) is 1. The molecule has 1 unspecified atom stereocenters. The van der Waals surface area contributed by atoms with Crippen molar-refractivity contribution in [3.63, 3.8) is 0 Å². The van der Waals surface area contributed by atoms with Crippen molar-refractivity contribution in [1.82, 2.24) is 4.98 Å². The largest absolute Gasteiger partial charge is 0.492 e. The van der Waals surface area contributed by atoms with Crippen LogP contribution in [0.25, 0.3) is 0 Å². The predicted octanol–water partition coefficient (Wildman–Crippen LogP) is 2.28. The van der Waals surface area contributed by atoms with Crippen molar-refractivity contribution in [2.75, 3.05) is 6.61 Å². The molecule has 82 valence electrons. The third-order valence-electron chi connectivity index (χ3n) is 2.76. The van der Waals surface area contributed by atoms with E-state index in [4.69, 9.17) is 10.5 Å². The van der Waals surface area contributed by atoms with Crippen molar-refractivity contribution >= 4 is 0 Å². The second-order valence-electron chi connectivity index (χ2n) is 4.19.